The van der Waals surface area contributed by atoms with Crippen molar-refractivity contribution in [1.82, 2.24) is 29.3 Å². The smallest absolute Gasteiger partial charge is 0.248 e. The number of amides is 1. The van der Waals surface area contributed by atoms with Crippen LogP contribution in [0.4, 0.5) is 5.69 Å². The molecule has 0 N–H and O–H groups in total. The Morgan fingerprint density at radius 3 is 2.64 bits per heavy atom. The molecular weight excluding hydrogens is 614 g/mol. The van der Waals surface area contributed by atoms with Crippen molar-refractivity contribution in [3.8, 4) is 5.88 Å². The minimum absolute atomic E-state index is 0.0655. The Bertz CT molecular complexity index is 2030. The van der Waals surface area contributed by atoms with E-state index in [9.17, 15) is 13.2 Å². The van der Waals surface area contributed by atoms with E-state index in [-0.39, 0.29) is 48.2 Å². The topological polar surface area (TPSA) is 123 Å². The molecule has 0 bridgehead atoms. The fourth-order valence-corrected chi connectivity index (χ4v) is 7.68. The lowest BCUT2D eigenvalue weighted by Crippen LogP contribution is -2.36. The van der Waals surface area contributed by atoms with Gasteiger partial charge in [-0.1, -0.05) is 36.4 Å². The Morgan fingerprint density at radius 2 is 1.89 bits per heavy atom. The first-order valence-corrected chi connectivity index (χ1v) is 17.3. The van der Waals surface area contributed by atoms with Gasteiger partial charge in [-0.05, 0) is 85.3 Å². The highest BCUT2D eigenvalue weighted by Gasteiger charge is 2.35. The van der Waals surface area contributed by atoms with Crippen LogP contribution in [0.1, 0.15) is 60.4 Å². The lowest BCUT2D eigenvalue weighted by Gasteiger charge is -2.26. The number of hydrogen-bond acceptors (Lipinski definition) is 8. The summed E-state index contributed by atoms with van der Waals surface area (Å²) in [6, 6.07) is 16.9. The van der Waals surface area contributed by atoms with Gasteiger partial charge in [0.2, 0.25) is 21.8 Å². The predicted octanol–water partition coefficient (Wildman–Crippen LogP) is 5.40. The highest BCUT2D eigenvalue weighted by molar-refractivity contribution is 7.89. The third-order valence-electron chi connectivity index (χ3n) is 9.06. The summed E-state index contributed by atoms with van der Waals surface area (Å²) in [5, 5.41) is 8.80. The summed E-state index contributed by atoms with van der Waals surface area (Å²) < 4.78 is 37.2. The summed E-state index contributed by atoms with van der Waals surface area (Å²) in [5.41, 5.74) is 7.05. The minimum atomic E-state index is -3.89. The average Bonchev–Trinajstić information content (AvgIpc) is 3.47. The van der Waals surface area contributed by atoms with E-state index >= 15 is 0 Å². The van der Waals surface area contributed by atoms with Crippen LogP contribution >= 0.6 is 0 Å². The Kier molecular flexibility index (Phi) is 9.07. The number of fused-ring (bicyclic) bond motifs is 2. The van der Waals surface area contributed by atoms with Crippen LogP contribution in [0.25, 0.3) is 11.0 Å². The molecule has 1 aliphatic heterocycles. The number of ether oxygens (including phenoxy) is 1. The van der Waals surface area contributed by atoms with Crippen molar-refractivity contribution in [2.45, 2.75) is 70.5 Å². The van der Waals surface area contributed by atoms with Crippen molar-refractivity contribution in [2.75, 3.05) is 18.5 Å². The number of carbonyl (C=O) groups is 1. The van der Waals surface area contributed by atoms with E-state index in [1.807, 2.05) is 62.7 Å². The number of hydrogen-bond donors (Lipinski definition) is 0. The first-order valence-electron chi connectivity index (χ1n) is 15.8. The van der Waals surface area contributed by atoms with Crippen LogP contribution in [-0.2, 0) is 27.9 Å². The number of pyridine rings is 2. The number of nitrogens with zero attached hydrogens (tertiary/aromatic N) is 7. The third-order valence-corrected chi connectivity index (χ3v) is 10.9. The zero-order valence-electron chi connectivity index (χ0n) is 27.3. The van der Waals surface area contributed by atoms with Crippen LogP contribution in [0.15, 0.2) is 78.1 Å². The monoisotopic (exact) mass is 653 g/mol. The van der Waals surface area contributed by atoms with Gasteiger partial charge in [-0.15, -0.1) is 5.10 Å². The predicted molar refractivity (Wildman–Crippen MR) is 180 cm³/mol. The van der Waals surface area contributed by atoms with Gasteiger partial charge in [0, 0.05) is 44.9 Å². The molecular formula is C35H39N7O4S. The highest BCUT2D eigenvalue weighted by Crippen LogP contribution is 2.36. The van der Waals surface area contributed by atoms with Gasteiger partial charge in [-0.25, -0.2) is 18.1 Å². The van der Waals surface area contributed by atoms with Crippen LogP contribution < -0.4 is 9.64 Å². The molecule has 11 nitrogen and oxygen atoms in total. The van der Waals surface area contributed by atoms with E-state index in [2.05, 4.69) is 26.3 Å². The first-order chi connectivity index (χ1) is 22.6. The Morgan fingerprint density at radius 1 is 1.09 bits per heavy atom. The quantitative estimate of drug-likeness (QED) is 0.207. The number of rotatable bonds is 9. The molecule has 6 rings (SSSR count). The van der Waals surface area contributed by atoms with Crippen LogP contribution in [0.5, 0.6) is 5.88 Å². The number of aromatic nitrogens is 5. The van der Waals surface area contributed by atoms with Crippen molar-refractivity contribution < 1.29 is 17.9 Å². The van der Waals surface area contributed by atoms with E-state index in [1.165, 1.54) is 4.31 Å². The standard InChI is InChI=1S/C35H39N7O4S/c1-6-28-22-41(47(44,45)32-11-9-17-37-35(32)46-28)21-26-18-25(13-12-23(26)3)30(19-33(43)40(5)27-10-8-16-36-20-27)29-14-15-31-34(24(29)4)38-39-42(31)7-2/h8-18,20,28,30H,6-7,19,21-22H2,1-5H3/t28-,30+/m1/s1. The van der Waals surface area contributed by atoms with Gasteiger partial charge in [0.1, 0.15) is 16.5 Å². The first kappa shape index (κ1) is 32.3. The number of sulfonamides is 1. The summed E-state index contributed by atoms with van der Waals surface area (Å²) in [6.45, 7) is 9.02. The van der Waals surface area contributed by atoms with Gasteiger partial charge < -0.3 is 9.64 Å². The molecule has 0 fully saturated rings. The molecule has 0 spiro atoms. The molecule has 4 heterocycles. The molecule has 0 radical (unpaired) electrons. The fourth-order valence-electron chi connectivity index (χ4n) is 6.16. The minimum Gasteiger partial charge on any atom is -0.472 e. The third kappa shape index (κ3) is 6.22. The molecule has 5 aromatic rings. The zero-order chi connectivity index (χ0) is 33.3. The summed E-state index contributed by atoms with van der Waals surface area (Å²) in [6.07, 6.45) is 5.34. The summed E-state index contributed by atoms with van der Waals surface area (Å²) in [5.74, 6) is -0.284. The van der Waals surface area contributed by atoms with Gasteiger partial charge >= 0.3 is 0 Å². The van der Waals surface area contributed by atoms with E-state index in [1.54, 1.807) is 48.7 Å². The highest BCUT2D eigenvalue weighted by atomic mass is 32.2. The van der Waals surface area contributed by atoms with Gasteiger partial charge in [0.05, 0.1) is 23.9 Å². The van der Waals surface area contributed by atoms with Crippen molar-refractivity contribution in [1.29, 1.82) is 0 Å². The van der Waals surface area contributed by atoms with Crippen LogP contribution in [-0.4, -0.2) is 63.3 Å². The van der Waals surface area contributed by atoms with Crippen molar-refractivity contribution in [2.24, 2.45) is 0 Å². The molecule has 0 aliphatic carbocycles. The van der Waals surface area contributed by atoms with Gasteiger partial charge in [-0.3, -0.25) is 9.78 Å². The molecule has 2 atom stereocenters. The molecule has 1 aliphatic rings. The second-order valence-corrected chi connectivity index (χ2v) is 13.8. The SMILES string of the molecule is CC[C@@H]1CN(Cc2cc([C@H](CC(=O)N(C)c3cccnc3)c3ccc4c(nnn4CC)c3C)ccc2C)S(=O)(=O)c2cccnc2O1. The Hall–Kier alpha value is -4.68. The molecule has 3 aromatic heterocycles. The lowest BCUT2D eigenvalue weighted by molar-refractivity contribution is -0.118. The summed E-state index contributed by atoms with van der Waals surface area (Å²) >= 11 is 0. The average molecular weight is 654 g/mol. The maximum Gasteiger partial charge on any atom is 0.248 e. The maximum atomic E-state index is 13.9. The van der Waals surface area contributed by atoms with E-state index in [4.69, 9.17) is 4.74 Å². The van der Waals surface area contributed by atoms with Gasteiger partial charge in [-0.2, -0.15) is 4.31 Å². The zero-order valence-corrected chi connectivity index (χ0v) is 28.1. The normalized spacial score (nSPS) is 16.7. The van der Waals surface area contributed by atoms with E-state index in [0.717, 1.165) is 38.9 Å². The van der Waals surface area contributed by atoms with Gasteiger partial charge in [0.25, 0.3) is 0 Å². The molecule has 0 saturated carbocycles. The second-order valence-electron chi connectivity index (χ2n) is 11.9. The number of carbonyl (C=O) groups excluding carboxylic acids is 1. The Balaban J connectivity index is 1.41. The molecule has 2 aromatic carbocycles. The Labute approximate surface area is 275 Å². The second kappa shape index (κ2) is 13.2. The van der Waals surface area contributed by atoms with Crippen LogP contribution in [0.2, 0.25) is 0 Å². The molecule has 244 valence electrons. The van der Waals surface area contributed by atoms with Crippen molar-refractivity contribution in [3.63, 3.8) is 0 Å². The van der Waals surface area contributed by atoms with E-state index in [0.29, 0.717) is 18.7 Å². The van der Waals surface area contributed by atoms with Crippen LogP contribution in [0.3, 0.4) is 0 Å². The molecule has 12 heteroatoms. The molecule has 0 saturated heterocycles. The van der Waals surface area contributed by atoms with Crippen molar-refractivity contribution in [3.05, 3.63) is 101 Å². The molecule has 0 unspecified atom stereocenters. The fraction of sp³-hybridized carbons (Fsp3) is 0.343. The summed E-state index contributed by atoms with van der Waals surface area (Å²) in [4.78, 5) is 24.0. The van der Waals surface area contributed by atoms with Crippen molar-refractivity contribution >= 4 is 32.7 Å². The van der Waals surface area contributed by atoms with Crippen LogP contribution in [0, 0.1) is 13.8 Å². The summed E-state index contributed by atoms with van der Waals surface area (Å²) in [7, 11) is -2.14. The van der Waals surface area contributed by atoms with E-state index < -0.39 is 10.0 Å². The molecule has 1 amide bonds. The van der Waals surface area contributed by atoms with Gasteiger partial charge in [0.15, 0.2) is 0 Å². The largest absolute Gasteiger partial charge is 0.472 e. The lowest BCUT2D eigenvalue weighted by atomic mass is 9.84. The molecule has 47 heavy (non-hydrogen) atoms. The number of anilines is 1. The number of aryl methyl sites for hydroxylation is 3. The number of benzene rings is 2. The maximum absolute atomic E-state index is 13.9.